The van der Waals surface area contributed by atoms with Crippen LogP contribution >= 0.6 is 22.6 Å². The molecule has 20 heavy (non-hydrogen) atoms. The molecule has 0 radical (unpaired) electrons. The molecule has 0 unspecified atom stereocenters. The number of phenolic OH excluding ortho intramolecular Hbond substituents is 1. The number of carbonyl (C=O) groups excluding carboxylic acids is 2. The van der Waals surface area contributed by atoms with E-state index in [9.17, 15) is 19.8 Å². The SMILES string of the molecule is CCNC(=O)[C@H](O)[C@H](C)NC(=O)c1ccc(I)cc1O. The number of rotatable bonds is 5. The number of amides is 2. The average Bonchev–Trinajstić information content (AvgIpc) is 2.37. The maximum atomic E-state index is 12.0. The van der Waals surface area contributed by atoms with Gasteiger partial charge in [0, 0.05) is 10.1 Å². The third-order valence-electron chi connectivity index (χ3n) is 2.66. The molecule has 4 N–H and O–H groups in total. The Labute approximate surface area is 130 Å². The highest BCUT2D eigenvalue weighted by molar-refractivity contribution is 14.1. The third kappa shape index (κ3) is 4.34. The number of nitrogens with one attached hydrogen (secondary N) is 2. The molecular formula is C13H17IN2O4. The molecule has 2 amide bonds. The summed E-state index contributed by atoms with van der Waals surface area (Å²) >= 11 is 2.01. The van der Waals surface area contributed by atoms with Crippen LogP contribution in [0, 0.1) is 3.57 Å². The maximum Gasteiger partial charge on any atom is 0.255 e. The summed E-state index contributed by atoms with van der Waals surface area (Å²) in [5.74, 6) is -1.24. The molecule has 0 aliphatic carbocycles. The van der Waals surface area contributed by atoms with Crippen LogP contribution in [0.15, 0.2) is 18.2 Å². The Hall–Kier alpha value is -1.35. The van der Waals surface area contributed by atoms with E-state index in [-0.39, 0.29) is 11.3 Å². The van der Waals surface area contributed by atoms with E-state index in [4.69, 9.17) is 0 Å². The zero-order valence-electron chi connectivity index (χ0n) is 11.2. The first kappa shape index (κ1) is 16.7. The van der Waals surface area contributed by atoms with Crippen LogP contribution in [0.25, 0.3) is 0 Å². The number of hydrogen-bond acceptors (Lipinski definition) is 4. The summed E-state index contributed by atoms with van der Waals surface area (Å²) in [6, 6.07) is 3.85. The number of benzene rings is 1. The van der Waals surface area contributed by atoms with Gasteiger partial charge in [0.1, 0.15) is 5.75 Å². The number of aromatic hydroxyl groups is 1. The predicted molar refractivity (Wildman–Crippen MR) is 82.4 cm³/mol. The first-order chi connectivity index (χ1) is 9.36. The molecule has 1 rings (SSSR count). The maximum absolute atomic E-state index is 12.0. The van der Waals surface area contributed by atoms with Gasteiger partial charge < -0.3 is 20.8 Å². The Morgan fingerprint density at radius 3 is 2.60 bits per heavy atom. The molecule has 7 heteroatoms. The summed E-state index contributed by atoms with van der Waals surface area (Å²) in [4.78, 5) is 23.4. The summed E-state index contributed by atoms with van der Waals surface area (Å²) in [7, 11) is 0. The Morgan fingerprint density at radius 2 is 2.05 bits per heavy atom. The molecule has 0 saturated heterocycles. The molecule has 0 aliphatic rings. The van der Waals surface area contributed by atoms with Crippen molar-refractivity contribution in [3.8, 4) is 5.75 Å². The molecule has 0 fully saturated rings. The number of likely N-dealkylation sites (N-methyl/N-ethyl adjacent to an activating group) is 1. The van der Waals surface area contributed by atoms with Gasteiger partial charge in [-0.05, 0) is 54.6 Å². The van der Waals surface area contributed by atoms with Crippen molar-refractivity contribution in [1.29, 1.82) is 0 Å². The lowest BCUT2D eigenvalue weighted by Crippen LogP contribution is -2.49. The fourth-order valence-electron chi connectivity index (χ4n) is 1.57. The number of hydrogen-bond donors (Lipinski definition) is 4. The van der Waals surface area contributed by atoms with Crippen LogP contribution in [0.1, 0.15) is 24.2 Å². The first-order valence-electron chi connectivity index (χ1n) is 6.12. The molecule has 110 valence electrons. The van der Waals surface area contributed by atoms with Gasteiger partial charge in [0.05, 0.1) is 11.6 Å². The minimum Gasteiger partial charge on any atom is -0.507 e. The van der Waals surface area contributed by atoms with Crippen LogP contribution < -0.4 is 10.6 Å². The molecule has 0 bridgehead atoms. The van der Waals surface area contributed by atoms with Crippen LogP contribution in [-0.2, 0) is 4.79 Å². The zero-order valence-corrected chi connectivity index (χ0v) is 13.3. The summed E-state index contributed by atoms with van der Waals surface area (Å²) in [6.45, 7) is 3.65. The van der Waals surface area contributed by atoms with E-state index in [0.717, 1.165) is 3.57 Å². The summed E-state index contributed by atoms with van der Waals surface area (Å²) in [5, 5.41) is 24.4. The Morgan fingerprint density at radius 1 is 1.40 bits per heavy atom. The van der Waals surface area contributed by atoms with Crippen molar-refractivity contribution >= 4 is 34.4 Å². The second-order valence-corrected chi connectivity index (χ2v) is 5.51. The third-order valence-corrected chi connectivity index (χ3v) is 3.33. The second kappa shape index (κ2) is 7.44. The van der Waals surface area contributed by atoms with Crippen molar-refractivity contribution in [2.45, 2.75) is 26.0 Å². The van der Waals surface area contributed by atoms with Crippen molar-refractivity contribution in [3.05, 3.63) is 27.3 Å². The van der Waals surface area contributed by atoms with Gasteiger partial charge in [0.25, 0.3) is 11.8 Å². The monoisotopic (exact) mass is 392 g/mol. The smallest absolute Gasteiger partial charge is 0.255 e. The molecule has 0 aliphatic heterocycles. The van der Waals surface area contributed by atoms with Crippen molar-refractivity contribution in [1.82, 2.24) is 10.6 Å². The Balaban J connectivity index is 2.72. The van der Waals surface area contributed by atoms with Gasteiger partial charge in [0.2, 0.25) is 0 Å². The van der Waals surface area contributed by atoms with Crippen LogP contribution in [0.5, 0.6) is 5.75 Å². The molecule has 0 heterocycles. The number of aliphatic hydroxyl groups excluding tert-OH is 1. The lowest BCUT2D eigenvalue weighted by Gasteiger charge is -2.19. The standard InChI is InChI=1S/C13H17IN2O4/c1-3-15-13(20)11(18)7(2)16-12(19)9-5-4-8(14)6-10(9)17/h4-7,11,17-18H,3H2,1-2H3,(H,15,20)(H,16,19)/t7-,11+/m0/s1. The van der Waals surface area contributed by atoms with Crippen molar-refractivity contribution in [3.63, 3.8) is 0 Å². The van der Waals surface area contributed by atoms with Gasteiger partial charge in [-0.15, -0.1) is 0 Å². The van der Waals surface area contributed by atoms with Crippen LogP contribution in [-0.4, -0.2) is 40.7 Å². The van der Waals surface area contributed by atoms with Gasteiger partial charge in [0.15, 0.2) is 6.10 Å². The lowest BCUT2D eigenvalue weighted by atomic mass is 10.1. The molecule has 6 nitrogen and oxygen atoms in total. The fourth-order valence-corrected chi connectivity index (χ4v) is 2.04. The van der Waals surface area contributed by atoms with Crippen LogP contribution in [0.3, 0.4) is 0 Å². The largest absolute Gasteiger partial charge is 0.507 e. The van der Waals surface area contributed by atoms with E-state index in [1.165, 1.54) is 19.1 Å². The van der Waals surface area contributed by atoms with Crippen LogP contribution in [0.2, 0.25) is 0 Å². The minimum absolute atomic E-state index is 0.0976. The highest BCUT2D eigenvalue weighted by Crippen LogP contribution is 2.20. The zero-order chi connectivity index (χ0) is 15.3. The average molecular weight is 392 g/mol. The summed E-state index contributed by atoms with van der Waals surface area (Å²) < 4.78 is 0.798. The van der Waals surface area contributed by atoms with E-state index in [1.54, 1.807) is 13.0 Å². The molecule has 0 aromatic heterocycles. The molecule has 1 aromatic rings. The molecule has 1 aromatic carbocycles. The van der Waals surface area contributed by atoms with Gasteiger partial charge in [-0.25, -0.2) is 0 Å². The van der Waals surface area contributed by atoms with Gasteiger partial charge >= 0.3 is 0 Å². The highest BCUT2D eigenvalue weighted by Gasteiger charge is 2.24. The van der Waals surface area contributed by atoms with E-state index < -0.39 is 24.0 Å². The molecule has 2 atom stereocenters. The minimum atomic E-state index is -1.34. The fraction of sp³-hybridized carbons (Fsp3) is 0.385. The predicted octanol–water partition coefficient (Wildman–Crippen LogP) is 0.612. The van der Waals surface area contributed by atoms with Crippen molar-refractivity contribution < 1.29 is 19.8 Å². The van der Waals surface area contributed by atoms with Crippen molar-refractivity contribution in [2.75, 3.05) is 6.54 Å². The van der Waals surface area contributed by atoms with Gasteiger partial charge in [-0.1, -0.05) is 0 Å². The number of phenols is 1. The van der Waals surface area contributed by atoms with Gasteiger partial charge in [-0.3, -0.25) is 9.59 Å². The highest BCUT2D eigenvalue weighted by atomic mass is 127. The van der Waals surface area contributed by atoms with Gasteiger partial charge in [-0.2, -0.15) is 0 Å². The quantitative estimate of drug-likeness (QED) is 0.552. The molecule has 0 saturated carbocycles. The summed E-state index contributed by atoms with van der Waals surface area (Å²) in [6.07, 6.45) is -1.34. The van der Waals surface area contributed by atoms with E-state index in [1.807, 2.05) is 22.6 Å². The number of carbonyl (C=O) groups is 2. The Bertz CT molecular complexity index is 507. The van der Waals surface area contributed by atoms with Crippen molar-refractivity contribution in [2.24, 2.45) is 0 Å². The molecule has 0 spiro atoms. The normalized spacial score (nSPS) is 13.4. The summed E-state index contributed by atoms with van der Waals surface area (Å²) in [5.41, 5.74) is 0.0976. The number of aliphatic hydroxyl groups is 1. The number of halogens is 1. The second-order valence-electron chi connectivity index (χ2n) is 4.26. The molecular weight excluding hydrogens is 375 g/mol. The topological polar surface area (TPSA) is 98.7 Å². The van der Waals surface area contributed by atoms with E-state index >= 15 is 0 Å². The van der Waals surface area contributed by atoms with E-state index in [2.05, 4.69) is 10.6 Å². The first-order valence-corrected chi connectivity index (χ1v) is 7.19. The Kier molecular flexibility index (Phi) is 6.21. The van der Waals surface area contributed by atoms with E-state index in [0.29, 0.717) is 6.54 Å². The van der Waals surface area contributed by atoms with Crippen LogP contribution in [0.4, 0.5) is 0 Å². The lowest BCUT2D eigenvalue weighted by molar-refractivity contribution is -0.130.